The zero-order valence-electron chi connectivity index (χ0n) is 14.9. The van der Waals surface area contributed by atoms with E-state index < -0.39 is 24.6 Å². The summed E-state index contributed by atoms with van der Waals surface area (Å²) in [5.74, 6) is -1.55. The van der Waals surface area contributed by atoms with Crippen LogP contribution < -0.4 is 4.90 Å². The van der Waals surface area contributed by atoms with Gasteiger partial charge in [-0.3, -0.25) is 4.79 Å². The van der Waals surface area contributed by atoms with Crippen LogP contribution in [0.5, 0.6) is 0 Å². The molecule has 0 radical (unpaired) electrons. The summed E-state index contributed by atoms with van der Waals surface area (Å²) in [5, 5.41) is 10.2. The highest BCUT2D eigenvalue weighted by Gasteiger charge is 2.38. The van der Waals surface area contributed by atoms with Crippen LogP contribution in [0.15, 0.2) is 48.5 Å². The molecular weight excluding hydrogens is 528 g/mol. The predicted molar refractivity (Wildman–Crippen MR) is 121 cm³/mol. The van der Waals surface area contributed by atoms with E-state index in [0.29, 0.717) is 24.6 Å². The van der Waals surface area contributed by atoms with Crippen LogP contribution in [0.3, 0.4) is 0 Å². The average Bonchev–Trinajstić information content (AvgIpc) is 3.13. The van der Waals surface area contributed by atoms with Crippen LogP contribution in [-0.2, 0) is 6.42 Å². The molecule has 29 heavy (non-hydrogen) atoms. The van der Waals surface area contributed by atoms with Crippen LogP contribution in [0.4, 0.5) is 10.1 Å². The fraction of sp³-hybridized carbons (Fsp3) is 0.143. The number of carbonyl (C=O) groups is 2. The van der Waals surface area contributed by atoms with Gasteiger partial charge in [0.25, 0.3) is 5.91 Å². The number of hydrogen-bond donors (Lipinski definition) is 1. The number of amides is 1. The third-order valence-electron chi connectivity index (χ3n) is 4.79. The van der Waals surface area contributed by atoms with Gasteiger partial charge < -0.3 is 10.0 Å². The van der Waals surface area contributed by atoms with Gasteiger partial charge in [-0.15, -0.1) is 11.3 Å². The Hall–Kier alpha value is -1.97. The standard InChI is InChI=1S/C21H14ClFINO3S/c22-13-6-12-7-14(10-23)25(20(26)18(12)15(24)8-13)16-9-17(29-19(16)21(27)28)11-4-2-1-3-5-11/h1-6,8-9,14H,7,10H2,(H,27,28). The number of carboxylic acids is 1. The van der Waals surface area contributed by atoms with Crippen LogP contribution in [0.1, 0.15) is 25.6 Å². The molecule has 148 valence electrons. The molecule has 0 fully saturated rings. The number of halogens is 3. The minimum absolute atomic E-state index is 0.0167. The second kappa shape index (κ2) is 8.04. The molecule has 1 amide bonds. The van der Waals surface area contributed by atoms with Crippen LogP contribution >= 0.6 is 45.5 Å². The van der Waals surface area contributed by atoms with Gasteiger partial charge in [-0.25, -0.2) is 9.18 Å². The summed E-state index contributed by atoms with van der Waals surface area (Å²) in [6.45, 7) is -0.788. The summed E-state index contributed by atoms with van der Waals surface area (Å²) in [7, 11) is 0. The summed E-state index contributed by atoms with van der Waals surface area (Å²) < 4.78 is 14.6. The maximum atomic E-state index is 14.0. The summed E-state index contributed by atoms with van der Waals surface area (Å²) in [5.41, 5.74) is 2.20. The summed E-state index contributed by atoms with van der Waals surface area (Å²) in [4.78, 5) is 27.3. The van der Waals surface area contributed by atoms with Crippen molar-refractivity contribution in [2.45, 2.75) is 12.5 Å². The molecule has 8 heteroatoms. The van der Waals surface area contributed by atoms with Gasteiger partial charge in [0.1, 0.15) is 11.6 Å². The van der Waals surface area contributed by atoms with Gasteiger partial charge in [0.15, 0.2) is 0 Å². The van der Waals surface area contributed by atoms with Crippen molar-refractivity contribution in [2.24, 2.45) is 0 Å². The topological polar surface area (TPSA) is 57.6 Å². The van der Waals surface area contributed by atoms with E-state index in [0.717, 1.165) is 16.9 Å². The Bertz CT molecular complexity index is 1120. The number of fused-ring (bicyclic) bond motifs is 1. The second-order valence-electron chi connectivity index (χ2n) is 6.61. The number of carbonyl (C=O) groups excluding carboxylic acids is 1. The number of alkyl halides is 1. The number of nitrogens with zero attached hydrogens (tertiary/aromatic N) is 1. The Labute approximate surface area is 189 Å². The fourth-order valence-corrected chi connectivity index (χ4v) is 5.88. The molecule has 1 N–H and O–H groups in total. The molecule has 2 aromatic carbocycles. The van der Waals surface area contributed by atoms with Crippen LogP contribution in [0.25, 0.3) is 10.4 Å². The lowest BCUT2D eigenvalue weighted by molar-refractivity contribution is 0.0702. The number of thiophene rings is 1. The molecule has 4 rings (SSSR count). The second-order valence-corrected chi connectivity index (χ2v) is 9.26. The predicted octanol–water partition coefficient (Wildman–Crippen LogP) is 5.91. The van der Waals surface area contributed by atoms with E-state index >= 15 is 0 Å². The molecule has 1 aliphatic heterocycles. The first-order valence-corrected chi connectivity index (χ1v) is 11.0. The molecular formula is C21H14ClFINO3S. The summed E-state index contributed by atoms with van der Waals surface area (Å²) in [6.07, 6.45) is 0.268. The molecule has 1 aromatic heterocycles. The van der Waals surface area contributed by atoms with Gasteiger partial charge in [0.05, 0.1) is 17.3 Å². The Kier molecular flexibility index (Phi) is 5.63. The van der Waals surface area contributed by atoms with Crippen molar-refractivity contribution in [3.63, 3.8) is 0 Å². The van der Waals surface area contributed by atoms with Gasteiger partial charge in [-0.2, -0.15) is 0 Å². The zero-order chi connectivity index (χ0) is 20.7. The smallest absolute Gasteiger partial charge is 0.348 e. The normalized spacial score (nSPS) is 16.0. The van der Waals surface area contributed by atoms with Gasteiger partial charge in [-0.1, -0.05) is 41.9 Å². The third-order valence-corrected chi connectivity index (χ3v) is 7.02. The largest absolute Gasteiger partial charge is 0.477 e. The van der Waals surface area contributed by atoms with Gasteiger partial charge in [0, 0.05) is 13.5 Å². The van der Waals surface area contributed by atoms with E-state index in [4.69, 9.17) is 11.6 Å². The number of anilines is 1. The van der Waals surface area contributed by atoms with Gasteiger partial charge in [-0.05, 0) is 58.3 Å². The van der Waals surface area contributed by atoms with Gasteiger partial charge in [0.2, 0.25) is 0 Å². The Morgan fingerprint density at radius 1 is 1.28 bits per heavy atom. The summed E-state index contributed by atoms with van der Waals surface area (Å²) in [6, 6.07) is 13.5. The minimum Gasteiger partial charge on any atom is -0.477 e. The highest BCUT2D eigenvalue weighted by atomic mass is 127. The SMILES string of the molecule is O=C(O)c1sc(-c2ccccc2)cc1N1C(=O)c2c(I)cc(Cl)cc2CC1CF. The molecule has 0 saturated carbocycles. The van der Waals surface area contributed by atoms with Crippen LogP contribution in [0.2, 0.25) is 5.02 Å². The molecule has 0 saturated heterocycles. The number of aromatic carboxylic acids is 1. The third kappa shape index (κ3) is 3.67. The maximum absolute atomic E-state index is 14.0. The first-order valence-electron chi connectivity index (χ1n) is 8.70. The Morgan fingerprint density at radius 2 is 2.00 bits per heavy atom. The average molecular weight is 542 g/mol. The van der Waals surface area contributed by atoms with Crippen molar-refractivity contribution in [3.8, 4) is 10.4 Å². The summed E-state index contributed by atoms with van der Waals surface area (Å²) >= 11 is 9.22. The first-order chi connectivity index (χ1) is 13.9. The number of benzene rings is 2. The number of carboxylic acid groups (broad SMARTS) is 1. The van der Waals surface area contributed by atoms with E-state index in [-0.39, 0.29) is 17.0 Å². The minimum atomic E-state index is -1.14. The number of hydrogen-bond acceptors (Lipinski definition) is 3. The van der Waals surface area contributed by atoms with Crippen molar-refractivity contribution in [2.75, 3.05) is 11.6 Å². The lowest BCUT2D eigenvalue weighted by Gasteiger charge is -2.35. The molecule has 1 aliphatic rings. The van der Waals surface area contributed by atoms with E-state index in [1.54, 1.807) is 18.2 Å². The lowest BCUT2D eigenvalue weighted by atomic mass is 9.93. The van der Waals surface area contributed by atoms with E-state index in [9.17, 15) is 19.1 Å². The van der Waals surface area contributed by atoms with Gasteiger partial charge >= 0.3 is 5.97 Å². The number of rotatable bonds is 4. The lowest BCUT2D eigenvalue weighted by Crippen LogP contribution is -2.48. The van der Waals surface area contributed by atoms with E-state index in [1.165, 1.54) is 4.90 Å². The van der Waals surface area contributed by atoms with Crippen molar-refractivity contribution in [3.05, 3.63) is 73.1 Å². The molecule has 4 nitrogen and oxygen atoms in total. The van der Waals surface area contributed by atoms with Crippen molar-refractivity contribution in [1.82, 2.24) is 0 Å². The molecule has 0 aliphatic carbocycles. The van der Waals surface area contributed by atoms with E-state index in [2.05, 4.69) is 0 Å². The quantitative estimate of drug-likeness (QED) is 0.418. The van der Waals surface area contributed by atoms with Crippen molar-refractivity contribution < 1.29 is 19.1 Å². The van der Waals surface area contributed by atoms with E-state index in [1.807, 2.05) is 52.9 Å². The van der Waals surface area contributed by atoms with Crippen molar-refractivity contribution >= 4 is 63.1 Å². The molecule has 1 unspecified atom stereocenters. The fourth-order valence-electron chi connectivity index (χ4n) is 3.55. The Balaban J connectivity index is 1.87. The first kappa shape index (κ1) is 20.3. The van der Waals surface area contributed by atoms with Crippen LogP contribution in [0, 0.1) is 3.57 Å². The molecule has 0 bridgehead atoms. The maximum Gasteiger partial charge on any atom is 0.348 e. The highest BCUT2D eigenvalue weighted by Crippen LogP contribution is 2.41. The van der Waals surface area contributed by atoms with Crippen molar-refractivity contribution in [1.29, 1.82) is 0 Å². The monoisotopic (exact) mass is 541 g/mol. The molecule has 1 atom stereocenters. The molecule has 0 spiro atoms. The molecule has 2 heterocycles. The highest BCUT2D eigenvalue weighted by molar-refractivity contribution is 14.1. The zero-order valence-corrected chi connectivity index (χ0v) is 18.6. The Morgan fingerprint density at radius 3 is 2.66 bits per heavy atom. The van der Waals surface area contributed by atoms with Crippen LogP contribution in [-0.4, -0.2) is 29.7 Å². The molecule has 3 aromatic rings.